The summed E-state index contributed by atoms with van der Waals surface area (Å²) in [4.78, 5) is 47.9. The van der Waals surface area contributed by atoms with E-state index < -0.39 is 24.3 Å². The highest BCUT2D eigenvalue weighted by Crippen LogP contribution is 2.15. The molecule has 0 aliphatic heterocycles. The zero-order chi connectivity index (χ0) is 18.2. The van der Waals surface area contributed by atoms with Gasteiger partial charge in [-0.15, -0.1) is 11.3 Å². The van der Waals surface area contributed by atoms with E-state index >= 15 is 0 Å². The van der Waals surface area contributed by atoms with E-state index in [4.69, 9.17) is 9.15 Å². The van der Waals surface area contributed by atoms with Crippen molar-refractivity contribution in [2.24, 2.45) is 0 Å². The van der Waals surface area contributed by atoms with Gasteiger partial charge < -0.3 is 19.8 Å². The molecular weight excluding hydrogens is 348 g/mol. The topological polar surface area (TPSA) is 115 Å². The number of hydrogen-bond donors (Lipinski definition) is 2. The van der Waals surface area contributed by atoms with E-state index in [-0.39, 0.29) is 24.7 Å². The number of esters is 1. The number of nitrogens with one attached hydrogen (secondary N) is 2. The Labute approximate surface area is 147 Å². The van der Waals surface area contributed by atoms with Crippen molar-refractivity contribution in [1.82, 2.24) is 10.6 Å². The number of ketones is 1. The molecule has 2 aromatic rings. The van der Waals surface area contributed by atoms with Crippen LogP contribution in [0.1, 0.15) is 25.1 Å². The van der Waals surface area contributed by atoms with Crippen LogP contribution in [0.25, 0.3) is 0 Å². The first-order valence-corrected chi connectivity index (χ1v) is 8.11. The van der Waals surface area contributed by atoms with Gasteiger partial charge in [-0.1, -0.05) is 0 Å². The van der Waals surface area contributed by atoms with Gasteiger partial charge in [0.25, 0.3) is 5.91 Å². The fraction of sp³-hybridized carbons (Fsp3) is 0.250. The maximum Gasteiger partial charge on any atom is 0.325 e. The SMILES string of the molecule is Cc1ccc(C(=O)COC(=O)CNC(=O)CNC(=O)c2ccco2)s1. The molecule has 2 aromatic heterocycles. The third kappa shape index (κ3) is 5.88. The number of hydrogen-bond acceptors (Lipinski definition) is 7. The van der Waals surface area contributed by atoms with Gasteiger partial charge in [0, 0.05) is 4.88 Å². The number of carbonyl (C=O) groups is 4. The predicted octanol–water partition coefficient (Wildman–Crippen LogP) is 0.922. The Morgan fingerprint density at radius 3 is 2.56 bits per heavy atom. The molecule has 0 spiro atoms. The number of furan rings is 1. The van der Waals surface area contributed by atoms with E-state index in [0.29, 0.717) is 4.88 Å². The Hall–Kier alpha value is -2.94. The molecule has 0 bridgehead atoms. The first-order valence-electron chi connectivity index (χ1n) is 7.29. The van der Waals surface area contributed by atoms with Crippen LogP contribution in [0, 0.1) is 6.92 Å². The van der Waals surface area contributed by atoms with Gasteiger partial charge in [0.1, 0.15) is 6.54 Å². The highest BCUT2D eigenvalue weighted by Gasteiger charge is 2.14. The predicted molar refractivity (Wildman–Crippen MR) is 88.4 cm³/mol. The van der Waals surface area contributed by atoms with Crippen LogP contribution < -0.4 is 10.6 Å². The van der Waals surface area contributed by atoms with E-state index in [1.807, 2.05) is 6.92 Å². The zero-order valence-electron chi connectivity index (χ0n) is 13.4. The number of Topliss-reactive ketones (excluding diaryl/α,β-unsaturated/α-hetero) is 1. The van der Waals surface area contributed by atoms with Crippen molar-refractivity contribution in [2.45, 2.75) is 6.92 Å². The summed E-state index contributed by atoms with van der Waals surface area (Å²) in [5.41, 5.74) is 0. The summed E-state index contributed by atoms with van der Waals surface area (Å²) in [6.45, 7) is 0.768. The zero-order valence-corrected chi connectivity index (χ0v) is 14.2. The maximum absolute atomic E-state index is 11.8. The van der Waals surface area contributed by atoms with Crippen molar-refractivity contribution in [3.8, 4) is 0 Å². The largest absolute Gasteiger partial charge is 0.459 e. The summed E-state index contributed by atoms with van der Waals surface area (Å²) in [7, 11) is 0. The molecule has 8 nitrogen and oxygen atoms in total. The van der Waals surface area contributed by atoms with E-state index in [1.54, 1.807) is 18.2 Å². The minimum absolute atomic E-state index is 0.0783. The summed E-state index contributed by atoms with van der Waals surface area (Å²) in [6.07, 6.45) is 1.34. The Bertz CT molecular complexity index is 765. The maximum atomic E-state index is 11.8. The van der Waals surface area contributed by atoms with Crippen molar-refractivity contribution in [3.63, 3.8) is 0 Å². The summed E-state index contributed by atoms with van der Waals surface area (Å²) in [6, 6.07) is 6.47. The summed E-state index contributed by atoms with van der Waals surface area (Å²) in [5.74, 6) is -2.08. The molecule has 0 saturated heterocycles. The van der Waals surface area contributed by atoms with Crippen LogP contribution in [0.15, 0.2) is 34.9 Å². The van der Waals surface area contributed by atoms with Gasteiger partial charge >= 0.3 is 5.97 Å². The molecule has 132 valence electrons. The van der Waals surface area contributed by atoms with E-state index in [0.717, 1.165) is 4.88 Å². The van der Waals surface area contributed by atoms with Crippen LogP contribution in [0.2, 0.25) is 0 Å². The number of ether oxygens (including phenoxy) is 1. The lowest BCUT2D eigenvalue weighted by Gasteiger charge is -2.06. The normalized spacial score (nSPS) is 10.1. The first kappa shape index (κ1) is 18.4. The quantitative estimate of drug-likeness (QED) is 0.532. The number of rotatable bonds is 8. The van der Waals surface area contributed by atoms with Crippen LogP contribution in [0.5, 0.6) is 0 Å². The summed E-state index contributed by atoms with van der Waals surface area (Å²) >= 11 is 1.32. The van der Waals surface area contributed by atoms with Crippen molar-refractivity contribution < 1.29 is 28.3 Å². The number of carbonyl (C=O) groups excluding carboxylic acids is 4. The van der Waals surface area contributed by atoms with Gasteiger partial charge in [-0.25, -0.2) is 0 Å². The van der Waals surface area contributed by atoms with Crippen molar-refractivity contribution in [1.29, 1.82) is 0 Å². The van der Waals surface area contributed by atoms with Crippen LogP contribution in [0.3, 0.4) is 0 Å². The molecule has 9 heteroatoms. The number of aryl methyl sites for hydroxylation is 1. The minimum atomic E-state index is -0.743. The van der Waals surface area contributed by atoms with Gasteiger partial charge in [0.2, 0.25) is 11.7 Å². The van der Waals surface area contributed by atoms with Gasteiger partial charge in [0.15, 0.2) is 12.4 Å². The Kier molecular flexibility index (Phi) is 6.47. The highest BCUT2D eigenvalue weighted by molar-refractivity contribution is 7.14. The minimum Gasteiger partial charge on any atom is -0.459 e. The average Bonchev–Trinajstić information content (AvgIpc) is 3.27. The van der Waals surface area contributed by atoms with Crippen LogP contribution in [0.4, 0.5) is 0 Å². The second-order valence-electron chi connectivity index (χ2n) is 4.93. The lowest BCUT2D eigenvalue weighted by molar-refractivity contribution is -0.142. The van der Waals surface area contributed by atoms with Gasteiger partial charge in [-0.3, -0.25) is 19.2 Å². The number of thiophene rings is 1. The molecule has 25 heavy (non-hydrogen) atoms. The molecule has 0 aliphatic rings. The monoisotopic (exact) mass is 364 g/mol. The molecule has 0 radical (unpaired) electrons. The van der Waals surface area contributed by atoms with Crippen molar-refractivity contribution >= 4 is 34.9 Å². The molecule has 0 aliphatic carbocycles. The molecule has 2 rings (SSSR count). The van der Waals surface area contributed by atoms with Crippen molar-refractivity contribution in [3.05, 3.63) is 46.0 Å². The van der Waals surface area contributed by atoms with Gasteiger partial charge in [-0.05, 0) is 31.2 Å². The molecule has 2 heterocycles. The third-order valence-electron chi connectivity index (χ3n) is 2.96. The fourth-order valence-electron chi connectivity index (χ4n) is 1.74. The molecule has 2 amide bonds. The van der Waals surface area contributed by atoms with Crippen LogP contribution >= 0.6 is 11.3 Å². The van der Waals surface area contributed by atoms with Gasteiger partial charge in [-0.2, -0.15) is 0 Å². The molecule has 0 unspecified atom stereocenters. The van der Waals surface area contributed by atoms with Crippen molar-refractivity contribution in [2.75, 3.05) is 19.7 Å². The van der Waals surface area contributed by atoms with E-state index in [2.05, 4.69) is 10.6 Å². The molecular formula is C16H16N2O6S. The molecule has 0 aromatic carbocycles. The second-order valence-corrected chi connectivity index (χ2v) is 6.22. The Morgan fingerprint density at radius 1 is 1.12 bits per heavy atom. The smallest absolute Gasteiger partial charge is 0.325 e. The van der Waals surface area contributed by atoms with E-state index in [9.17, 15) is 19.2 Å². The lowest BCUT2D eigenvalue weighted by Crippen LogP contribution is -2.39. The lowest BCUT2D eigenvalue weighted by atomic mass is 10.3. The number of amides is 2. The van der Waals surface area contributed by atoms with Crippen LogP contribution in [-0.2, 0) is 14.3 Å². The average molecular weight is 364 g/mol. The molecule has 2 N–H and O–H groups in total. The fourth-order valence-corrected chi connectivity index (χ4v) is 2.53. The highest BCUT2D eigenvalue weighted by atomic mass is 32.1. The standard InChI is InChI=1S/C16H16N2O6S/c1-10-4-5-13(25-10)11(19)9-24-15(21)8-17-14(20)7-18-16(22)12-3-2-6-23-12/h2-6H,7-9H2,1H3,(H,17,20)(H,18,22). The Balaban J connectivity index is 1.63. The van der Waals surface area contributed by atoms with Crippen LogP contribution in [-0.4, -0.2) is 43.3 Å². The molecule has 0 fully saturated rings. The summed E-state index contributed by atoms with van der Waals surface area (Å²) < 4.78 is 9.67. The Morgan fingerprint density at radius 2 is 1.92 bits per heavy atom. The first-order chi connectivity index (χ1) is 12.0. The third-order valence-corrected chi connectivity index (χ3v) is 4.01. The van der Waals surface area contributed by atoms with Gasteiger partial charge in [0.05, 0.1) is 17.7 Å². The molecule has 0 saturated carbocycles. The summed E-state index contributed by atoms with van der Waals surface area (Å²) in [5, 5.41) is 4.62. The second kappa shape index (κ2) is 8.78. The molecule has 0 atom stereocenters. The van der Waals surface area contributed by atoms with E-state index in [1.165, 1.54) is 23.7 Å².